The van der Waals surface area contributed by atoms with Gasteiger partial charge in [-0.1, -0.05) is 137 Å². The Morgan fingerprint density at radius 1 is 0.529 bits per heavy atom. The highest BCUT2D eigenvalue weighted by molar-refractivity contribution is 7.80. The van der Waals surface area contributed by atoms with Crippen LogP contribution in [0.3, 0.4) is 0 Å². The molecule has 208 valence electrons. The maximum absolute atomic E-state index is 12.1. The van der Waals surface area contributed by atoms with Gasteiger partial charge < -0.3 is 10.7 Å². The van der Waals surface area contributed by atoms with Gasteiger partial charge in [-0.25, -0.2) is 8.42 Å². The number of unbranched alkanes of at least 4 members (excludes halogenated alkanes) is 11. The number of quaternary nitrogens is 1. The van der Waals surface area contributed by atoms with Gasteiger partial charge in [-0.3, -0.25) is 4.18 Å². The van der Waals surface area contributed by atoms with Crippen LogP contribution in [0.2, 0.25) is 0 Å². The summed E-state index contributed by atoms with van der Waals surface area (Å²) < 4.78 is 42.0. The Kier molecular flexibility index (Phi) is 22.2. The van der Waals surface area contributed by atoms with Gasteiger partial charge >= 0.3 is 0 Å². The first-order valence-corrected chi connectivity index (χ1v) is 15.8. The summed E-state index contributed by atoms with van der Waals surface area (Å²) in [5.41, 5.74) is -1.09. The molecule has 0 unspecified atom stereocenters. The van der Waals surface area contributed by atoms with Crippen molar-refractivity contribution >= 4 is 10.4 Å². The van der Waals surface area contributed by atoms with Crippen LogP contribution in [-0.2, 0) is 14.6 Å². The fourth-order valence-corrected chi connectivity index (χ4v) is 6.37. The number of hydrogen-bond acceptors (Lipinski definition) is 4. The summed E-state index contributed by atoms with van der Waals surface area (Å²) in [6.45, 7) is 10.9. The lowest BCUT2D eigenvalue weighted by atomic mass is 9.60. The largest absolute Gasteiger partial charge is 0.726 e. The molecule has 5 nitrogen and oxygen atoms in total. The van der Waals surface area contributed by atoms with E-state index < -0.39 is 16.0 Å². The second-order valence-electron chi connectivity index (χ2n) is 10.4. The lowest BCUT2D eigenvalue weighted by Crippen LogP contribution is -2.52. The standard InChI is InChI=1S/C28H58O4S.H3N/c1-6-11-16-17-18-19-20-21-24-27(22-12-7-2,23-13-8-3)28(25-14-9-4,26-15-10-5)32-33(29,30)31;/h6-26H2,1-5H3,(H,29,30,31);1H3. The zero-order valence-corrected chi connectivity index (χ0v) is 24.7. The third kappa shape index (κ3) is 14.4. The van der Waals surface area contributed by atoms with Crippen molar-refractivity contribution in [3.63, 3.8) is 0 Å². The van der Waals surface area contributed by atoms with Crippen molar-refractivity contribution in [2.45, 2.75) is 175 Å². The zero-order valence-electron chi connectivity index (χ0n) is 23.9. The van der Waals surface area contributed by atoms with Gasteiger partial charge in [0.25, 0.3) is 0 Å². The van der Waals surface area contributed by atoms with E-state index in [4.69, 9.17) is 4.18 Å². The van der Waals surface area contributed by atoms with Crippen LogP contribution in [0.15, 0.2) is 0 Å². The van der Waals surface area contributed by atoms with E-state index in [0.29, 0.717) is 12.8 Å². The molecule has 0 saturated heterocycles. The fraction of sp³-hybridized carbons (Fsp3) is 1.00. The summed E-state index contributed by atoms with van der Waals surface area (Å²) in [6, 6.07) is 0. The molecule has 0 aromatic rings. The van der Waals surface area contributed by atoms with Gasteiger partial charge in [0.05, 0.1) is 5.60 Å². The maximum Gasteiger partial charge on any atom is 0.218 e. The molecular formula is C28H61NO4S. The van der Waals surface area contributed by atoms with Crippen LogP contribution in [0.5, 0.6) is 0 Å². The van der Waals surface area contributed by atoms with Crippen LogP contribution in [-0.4, -0.2) is 18.6 Å². The lowest BCUT2D eigenvalue weighted by molar-refractivity contribution is -0.0979. The Hall–Kier alpha value is -0.170. The molecule has 0 rings (SSSR count). The van der Waals surface area contributed by atoms with Gasteiger partial charge in [-0.15, -0.1) is 0 Å². The Balaban J connectivity index is 0. The first-order valence-electron chi connectivity index (χ1n) is 14.4. The fourth-order valence-electron chi connectivity index (χ4n) is 5.63. The molecule has 0 fully saturated rings. The molecule has 0 bridgehead atoms. The monoisotopic (exact) mass is 507 g/mol. The lowest BCUT2D eigenvalue weighted by Gasteiger charge is -2.52. The predicted molar refractivity (Wildman–Crippen MR) is 147 cm³/mol. The molecule has 0 amide bonds. The third-order valence-corrected chi connectivity index (χ3v) is 8.15. The summed E-state index contributed by atoms with van der Waals surface area (Å²) in [4.78, 5) is 0. The van der Waals surface area contributed by atoms with Gasteiger partial charge in [0.1, 0.15) is 0 Å². The van der Waals surface area contributed by atoms with E-state index in [1.807, 2.05) is 0 Å². The highest BCUT2D eigenvalue weighted by Crippen LogP contribution is 2.53. The predicted octanol–water partition coefficient (Wildman–Crippen LogP) is 9.86. The van der Waals surface area contributed by atoms with Crippen molar-refractivity contribution < 1.29 is 17.2 Å². The van der Waals surface area contributed by atoms with Gasteiger partial charge in [0, 0.05) is 5.41 Å². The molecule has 0 radical (unpaired) electrons. The third-order valence-electron chi connectivity index (χ3n) is 7.62. The van der Waals surface area contributed by atoms with E-state index in [2.05, 4.69) is 34.6 Å². The van der Waals surface area contributed by atoms with Crippen LogP contribution in [0.25, 0.3) is 0 Å². The van der Waals surface area contributed by atoms with E-state index in [1.165, 1.54) is 44.9 Å². The van der Waals surface area contributed by atoms with Crippen molar-refractivity contribution in [2.24, 2.45) is 5.41 Å². The molecule has 0 atom stereocenters. The summed E-state index contributed by atoms with van der Waals surface area (Å²) in [6.07, 6.45) is 22.4. The van der Waals surface area contributed by atoms with Crippen molar-refractivity contribution in [1.29, 1.82) is 0 Å². The molecular weight excluding hydrogens is 446 g/mol. The molecule has 4 N–H and O–H groups in total. The number of rotatable bonds is 24. The molecule has 0 aliphatic rings. The van der Waals surface area contributed by atoms with Crippen LogP contribution in [0, 0.1) is 5.41 Å². The van der Waals surface area contributed by atoms with Gasteiger partial charge in [0.15, 0.2) is 0 Å². The molecule has 0 aromatic carbocycles. The van der Waals surface area contributed by atoms with Gasteiger partial charge in [0.2, 0.25) is 10.4 Å². The highest BCUT2D eigenvalue weighted by Gasteiger charge is 2.51. The van der Waals surface area contributed by atoms with E-state index in [9.17, 15) is 13.0 Å². The van der Waals surface area contributed by atoms with Gasteiger partial charge in [-0.05, 0) is 32.1 Å². The minimum absolute atomic E-state index is 0. The number of hydrogen-bond donors (Lipinski definition) is 1. The Bertz CT molecular complexity index is 535. The van der Waals surface area contributed by atoms with Crippen LogP contribution >= 0.6 is 0 Å². The molecule has 0 aliphatic carbocycles. The minimum Gasteiger partial charge on any atom is -0.726 e. The Labute approximate surface area is 214 Å². The Morgan fingerprint density at radius 3 is 1.24 bits per heavy atom. The summed E-state index contributed by atoms with van der Waals surface area (Å²) in [5.74, 6) is 0. The topological polar surface area (TPSA) is 103 Å². The van der Waals surface area contributed by atoms with Crippen LogP contribution in [0.4, 0.5) is 0 Å². The molecule has 0 saturated carbocycles. The summed E-state index contributed by atoms with van der Waals surface area (Å²) >= 11 is 0. The van der Waals surface area contributed by atoms with Crippen molar-refractivity contribution in [3.05, 3.63) is 0 Å². The van der Waals surface area contributed by atoms with Crippen LogP contribution < -0.4 is 6.15 Å². The van der Waals surface area contributed by atoms with Gasteiger partial charge in [-0.2, -0.15) is 0 Å². The average Bonchev–Trinajstić information content (AvgIpc) is 2.78. The first kappa shape index (κ1) is 36.0. The normalized spacial score (nSPS) is 12.6. The molecule has 6 heteroatoms. The first-order chi connectivity index (χ1) is 15.8. The average molecular weight is 508 g/mol. The van der Waals surface area contributed by atoms with E-state index in [-0.39, 0.29) is 11.6 Å². The Morgan fingerprint density at radius 2 is 0.853 bits per heavy atom. The highest BCUT2D eigenvalue weighted by atomic mass is 32.3. The molecule has 0 aromatic heterocycles. The minimum atomic E-state index is -4.77. The maximum atomic E-state index is 12.1. The molecule has 0 heterocycles. The molecule has 34 heavy (non-hydrogen) atoms. The van der Waals surface area contributed by atoms with E-state index >= 15 is 0 Å². The second-order valence-corrected chi connectivity index (χ2v) is 11.4. The summed E-state index contributed by atoms with van der Waals surface area (Å²) in [7, 11) is -4.77. The summed E-state index contributed by atoms with van der Waals surface area (Å²) in [5, 5.41) is 0. The SMILES string of the molecule is CCCCCCCCCCC(CCCC)(CCCC)C(CCCC)(CCCC)OS(=O)(=O)[O-].[NH4+]. The van der Waals surface area contributed by atoms with E-state index in [0.717, 1.165) is 77.0 Å². The second kappa shape index (κ2) is 21.0. The van der Waals surface area contributed by atoms with Crippen molar-refractivity contribution in [3.8, 4) is 0 Å². The molecule has 0 spiro atoms. The zero-order chi connectivity index (χ0) is 25.1. The quantitative estimate of drug-likeness (QED) is 0.0797. The van der Waals surface area contributed by atoms with Crippen molar-refractivity contribution in [2.75, 3.05) is 0 Å². The smallest absolute Gasteiger partial charge is 0.218 e. The van der Waals surface area contributed by atoms with Crippen molar-refractivity contribution in [1.82, 2.24) is 6.15 Å². The van der Waals surface area contributed by atoms with Crippen LogP contribution in [0.1, 0.15) is 169 Å². The van der Waals surface area contributed by atoms with E-state index in [1.54, 1.807) is 0 Å². The molecule has 0 aliphatic heterocycles.